The minimum absolute atomic E-state index is 0.280. The van der Waals surface area contributed by atoms with Crippen LogP contribution in [-0.4, -0.2) is 25.7 Å². The average Bonchev–Trinajstić information content (AvgIpc) is 3.42. The number of pyridine rings is 1. The Balaban J connectivity index is 1.62. The normalized spacial score (nSPS) is 11.3. The maximum atomic E-state index is 13.1. The highest BCUT2D eigenvalue weighted by Crippen LogP contribution is 2.27. The van der Waals surface area contributed by atoms with Gasteiger partial charge in [0, 0.05) is 0 Å². The summed E-state index contributed by atoms with van der Waals surface area (Å²) in [4.78, 5) is 21.7. The van der Waals surface area contributed by atoms with Gasteiger partial charge in [0.05, 0.1) is 33.9 Å². The highest BCUT2D eigenvalue weighted by Gasteiger charge is 2.20. The topological polar surface area (TPSA) is 99.0 Å². The molecule has 1 aromatic carbocycles. The number of amides is 1. The molecule has 0 aliphatic heterocycles. The number of imidazole rings is 1. The number of rotatable bonds is 3. The number of para-hydroxylation sites is 2. The van der Waals surface area contributed by atoms with Crippen LogP contribution in [0.15, 0.2) is 64.0 Å². The van der Waals surface area contributed by atoms with Crippen molar-refractivity contribution in [2.45, 2.75) is 6.92 Å². The van der Waals surface area contributed by atoms with E-state index in [0.717, 1.165) is 11.0 Å². The van der Waals surface area contributed by atoms with Crippen molar-refractivity contribution in [2.24, 2.45) is 0 Å². The quantitative estimate of drug-likeness (QED) is 0.529. The Hall–Kier alpha value is -3.94. The molecule has 0 saturated carbocycles. The van der Waals surface area contributed by atoms with E-state index in [1.54, 1.807) is 42.4 Å². The fraction of sp³-hybridized carbons (Fsp3) is 0.0526. The number of furan rings is 1. The Morgan fingerprint density at radius 1 is 1.19 bits per heavy atom. The van der Waals surface area contributed by atoms with Gasteiger partial charge in [-0.2, -0.15) is 0 Å². The second-order valence-corrected chi connectivity index (χ2v) is 6.02. The first-order valence-corrected chi connectivity index (χ1v) is 8.25. The van der Waals surface area contributed by atoms with Crippen LogP contribution in [-0.2, 0) is 0 Å². The molecule has 0 aliphatic rings. The molecule has 132 valence electrons. The van der Waals surface area contributed by atoms with Gasteiger partial charge in [-0.3, -0.25) is 10.2 Å². The fourth-order valence-corrected chi connectivity index (χ4v) is 3.04. The van der Waals surface area contributed by atoms with Crippen molar-refractivity contribution in [3.8, 4) is 11.5 Å². The summed E-state index contributed by atoms with van der Waals surface area (Å²) in [5, 5.41) is 4.50. The lowest BCUT2D eigenvalue weighted by Crippen LogP contribution is -2.22. The molecule has 0 bridgehead atoms. The van der Waals surface area contributed by atoms with E-state index in [-0.39, 0.29) is 11.6 Å². The molecule has 1 amide bonds. The molecule has 0 saturated heterocycles. The highest BCUT2D eigenvalue weighted by atomic mass is 16.5. The summed E-state index contributed by atoms with van der Waals surface area (Å²) in [6.45, 7) is 1.77. The van der Waals surface area contributed by atoms with Gasteiger partial charge in [0.15, 0.2) is 5.76 Å². The van der Waals surface area contributed by atoms with E-state index in [1.807, 2.05) is 24.3 Å². The standard InChI is InChI=1S/C19H13N5O3/c1-11-17-12(9-14(16-7-4-8-26-16)21-19(17)27-23-11)18(25)22-24-10-20-13-5-2-3-6-15(13)24/h2-10H,1H3,(H,22,25). The zero-order valence-electron chi connectivity index (χ0n) is 14.2. The Morgan fingerprint density at radius 3 is 2.93 bits per heavy atom. The molecule has 0 fully saturated rings. The Kier molecular flexibility index (Phi) is 3.29. The van der Waals surface area contributed by atoms with Gasteiger partial charge in [-0.15, -0.1) is 0 Å². The number of carbonyl (C=O) groups excluding carboxylic acids is 1. The van der Waals surface area contributed by atoms with E-state index in [4.69, 9.17) is 8.94 Å². The summed E-state index contributed by atoms with van der Waals surface area (Å²) in [7, 11) is 0. The van der Waals surface area contributed by atoms with Crippen LogP contribution in [0.5, 0.6) is 0 Å². The minimum atomic E-state index is -0.329. The van der Waals surface area contributed by atoms with E-state index >= 15 is 0 Å². The van der Waals surface area contributed by atoms with Crippen molar-refractivity contribution in [1.82, 2.24) is 19.8 Å². The van der Waals surface area contributed by atoms with Gasteiger partial charge in [0.2, 0.25) is 0 Å². The van der Waals surface area contributed by atoms with Gasteiger partial charge < -0.3 is 8.94 Å². The molecule has 0 aliphatic carbocycles. The monoisotopic (exact) mass is 359 g/mol. The molecule has 27 heavy (non-hydrogen) atoms. The largest absolute Gasteiger partial charge is 0.463 e. The van der Waals surface area contributed by atoms with Gasteiger partial charge in [-0.05, 0) is 37.3 Å². The van der Waals surface area contributed by atoms with Crippen molar-refractivity contribution in [3.63, 3.8) is 0 Å². The van der Waals surface area contributed by atoms with Gasteiger partial charge in [0.25, 0.3) is 11.6 Å². The maximum Gasteiger partial charge on any atom is 0.271 e. The number of carbonyl (C=O) groups is 1. The molecular formula is C19H13N5O3. The van der Waals surface area contributed by atoms with Crippen LogP contribution < -0.4 is 5.43 Å². The van der Waals surface area contributed by atoms with Crippen LogP contribution in [0.2, 0.25) is 0 Å². The lowest BCUT2D eigenvalue weighted by molar-refractivity contribution is 0.101. The summed E-state index contributed by atoms with van der Waals surface area (Å²) < 4.78 is 12.3. The predicted molar refractivity (Wildman–Crippen MR) is 97.7 cm³/mol. The van der Waals surface area contributed by atoms with E-state index in [1.165, 1.54) is 0 Å². The van der Waals surface area contributed by atoms with Crippen molar-refractivity contribution in [1.29, 1.82) is 0 Å². The molecular weight excluding hydrogens is 346 g/mol. The van der Waals surface area contributed by atoms with Crippen LogP contribution in [0.3, 0.4) is 0 Å². The van der Waals surface area contributed by atoms with Gasteiger partial charge in [-0.25, -0.2) is 14.6 Å². The molecule has 0 spiro atoms. The Labute approximate surface area is 152 Å². The molecule has 0 radical (unpaired) electrons. The Bertz CT molecular complexity index is 1280. The second-order valence-electron chi connectivity index (χ2n) is 6.02. The van der Waals surface area contributed by atoms with E-state index in [0.29, 0.717) is 28.1 Å². The van der Waals surface area contributed by atoms with Crippen LogP contribution in [0, 0.1) is 6.92 Å². The lowest BCUT2D eigenvalue weighted by atomic mass is 10.1. The third-order valence-electron chi connectivity index (χ3n) is 4.31. The molecule has 5 aromatic rings. The number of hydrogen-bond acceptors (Lipinski definition) is 6. The molecule has 1 N–H and O–H groups in total. The smallest absolute Gasteiger partial charge is 0.271 e. The number of fused-ring (bicyclic) bond motifs is 2. The molecule has 0 unspecified atom stereocenters. The molecule has 8 nitrogen and oxygen atoms in total. The van der Waals surface area contributed by atoms with E-state index in [2.05, 4.69) is 20.6 Å². The summed E-state index contributed by atoms with van der Waals surface area (Å²) in [6, 6.07) is 12.7. The first-order valence-electron chi connectivity index (χ1n) is 8.25. The molecule has 4 heterocycles. The SMILES string of the molecule is Cc1noc2nc(-c3ccco3)cc(C(=O)Nn3cnc4ccccc43)c12. The van der Waals surface area contributed by atoms with Crippen molar-refractivity contribution >= 4 is 28.0 Å². The summed E-state index contributed by atoms with van der Waals surface area (Å²) in [6.07, 6.45) is 3.11. The van der Waals surface area contributed by atoms with Crippen LogP contribution in [0.25, 0.3) is 33.6 Å². The Morgan fingerprint density at radius 2 is 2.07 bits per heavy atom. The zero-order chi connectivity index (χ0) is 18.4. The fourth-order valence-electron chi connectivity index (χ4n) is 3.04. The summed E-state index contributed by atoms with van der Waals surface area (Å²) in [5.41, 5.74) is 6.18. The van der Waals surface area contributed by atoms with Gasteiger partial charge in [0.1, 0.15) is 12.0 Å². The van der Waals surface area contributed by atoms with Crippen LogP contribution in [0.4, 0.5) is 0 Å². The van der Waals surface area contributed by atoms with E-state index in [9.17, 15) is 4.79 Å². The van der Waals surface area contributed by atoms with Crippen molar-refractivity contribution in [3.05, 3.63) is 66.3 Å². The molecule has 5 rings (SSSR count). The van der Waals surface area contributed by atoms with Gasteiger partial charge >= 0.3 is 0 Å². The van der Waals surface area contributed by atoms with Crippen molar-refractivity contribution in [2.75, 3.05) is 5.43 Å². The first-order chi connectivity index (χ1) is 13.2. The third-order valence-corrected chi connectivity index (χ3v) is 4.31. The third kappa shape index (κ3) is 2.46. The van der Waals surface area contributed by atoms with Crippen LogP contribution >= 0.6 is 0 Å². The maximum absolute atomic E-state index is 13.1. The summed E-state index contributed by atoms with van der Waals surface area (Å²) >= 11 is 0. The lowest BCUT2D eigenvalue weighted by Gasteiger charge is -2.09. The average molecular weight is 359 g/mol. The first kappa shape index (κ1) is 15.3. The number of aryl methyl sites for hydroxylation is 1. The number of nitrogens with one attached hydrogen (secondary N) is 1. The number of aromatic nitrogens is 4. The van der Waals surface area contributed by atoms with Crippen molar-refractivity contribution < 1.29 is 13.7 Å². The molecule has 4 aromatic heterocycles. The second kappa shape index (κ2) is 5.80. The zero-order valence-corrected chi connectivity index (χ0v) is 14.2. The van der Waals surface area contributed by atoms with Gasteiger partial charge in [-0.1, -0.05) is 17.3 Å². The molecule has 0 atom stereocenters. The predicted octanol–water partition coefficient (Wildman–Crippen LogP) is 3.52. The minimum Gasteiger partial charge on any atom is -0.463 e. The highest BCUT2D eigenvalue weighted by molar-refractivity contribution is 6.10. The number of hydrogen-bond donors (Lipinski definition) is 1. The van der Waals surface area contributed by atoms with E-state index < -0.39 is 0 Å². The number of benzene rings is 1. The molecule has 8 heteroatoms. The van der Waals surface area contributed by atoms with Crippen LogP contribution in [0.1, 0.15) is 16.1 Å². The number of nitrogens with zero attached hydrogens (tertiary/aromatic N) is 4. The summed E-state index contributed by atoms with van der Waals surface area (Å²) in [5.74, 6) is 0.206.